The first-order valence-corrected chi connectivity index (χ1v) is 5.37. The standard InChI is InChI=1S/C7H7ClF3IN2O/c8-5-3-14(13-6(5)12)1-2-15-4-7(9,10)11/h3H,1-2,4H2. The van der Waals surface area contributed by atoms with Gasteiger partial charge < -0.3 is 4.74 Å². The predicted octanol–water partition coefficient (Wildman–Crippen LogP) is 2.72. The molecule has 86 valence electrons. The molecule has 0 saturated carbocycles. The summed E-state index contributed by atoms with van der Waals surface area (Å²) in [6, 6.07) is 0. The fraction of sp³-hybridized carbons (Fsp3) is 0.571. The average molecular weight is 354 g/mol. The van der Waals surface area contributed by atoms with Crippen LogP contribution in [0.4, 0.5) is 13.2 Å². The molecule has 0 unspecified atom stereocenters. The quantitative estimate of drug-likeness (QED) is 0.614. The fourth-order valence-corrected chi connectivity index (χ4v) is 1.40. The smallest absolute Gasteiger partial charge is 0.370 e. The highest BCUT2D eigenvalue weighted by molar-refractivity contribution is 14.1. The number of halogens is 5. The summed E-state index contributed by atoms with van der Waals surface area (Å²) in [6.07, 6.45) is -2.74. The third-order valence-electron chi connectivity index (χ3n) is 1.41. The largest absolute Gasteiger partial charge is 0.411 e. The number of aromatic nitrogens is 2. The van der Waals surface area contributed by atoms with Crippen LogP contribution in [0.2, 0.25) is 5.02 Å². The molecule has 0 radical (unpaired) electrons. The van der Waals surface area contributed by atoms with Gasteiger partial charge in [0.1, 0.15) is 10.3 Å². The highest BCUT2D eigenvalue weighted by Gasteiger charge is 2.27. The third-order valence-corrected chi connectivity index (χ3v) is 2.80. The number of alkyl halides is 3. The fourth-order valence-electron chi connectivity index (χ4n) is 0.834. The first kappa shape index (κ1) is 13.0. The minimum atomic E-state index is -4.28. The number of rotatable bonds is 4. The first-order chi connectivity index (χ1) is 6.88. The Kier molecular flexibility index (Phi) is 4.65. The van der Waals surface area contributed by atoms with Gasteiger partial charge in [-0.1, -0.05) is 11.6 Å². The van der Waals surface area contributed by atoms with Crippen LogP contribution in [-0.4, -0.2) is 29.2 Å². The summed E-state index contributed by atoms with van der Waals surface area (Å²) in [5.41, 5.74) is 0. The van der Waals surface area contributed by atoms with Gasteiger partial charge in [0.25, 0.3) is 0 Å². The molecule has 0 aliphatic heterocycles. The Labute approximate surface area is 103 Å². The molecular formula is C7H7ClF3IN2O. The van der Waals surface area contributed by atoms with Crippen LogP contribution in [0, 0.1) is 3.70 Å². The van der Waals surface area contributed by atoms with Crippen molar-refractivity contribution in [3.05, 3.63) is 14.9 Å². The van der Waals surface area contributed by atoms with Gasteiger partial charge in [0.15, 0.2) is 0 Å². The summed E-state index contributed by atoms with van der Waals surface area (Å²) in [6.45, 7) is -1.04. The Morgan fingerprint density at radius 2 is 2.20 bits per heavy atom. The van der Waals surface area contributed by atoms with Gasteiger partial charge in [-0.25, -0.2) is 0 Å². The summed E-state index contributed by atoms with van der Waals surface area (Å²) in [5, 5.41) is 4.43. The molecule has 0 aliphatic carbocycles. The third kappa shape index (κ3) is 5.03. The second kappa shape index (κ2) is 5.35. The molecule has 0 saturated heterocycles. The molecule has 0 spiro atoms. The Morgan fingerprint density at radius 3 is 2.67 bits per heavy atom. The van der Waals surface area contributed by atoms with Crippen molar-refractivity contribution in [2.45, 2.75) is 12.7 Å². The zero-order valence-corrected chi connectivity index (χ0v) is 10.3. The van der Waals surface area contributed by atoms with Crippen LogP contribution in [-0.2, 0) is 11.3 Å². The van der Waals surface area contributed by atoms with Crippen molar-refractivity contribution in [2.24, 2.45) is 0 Å². The molecule has 0 bridgehead atoms. The zero-order chi connectivity index (χ0) is 11.5. The topological polar surface area (TPSA) is 27.1 Å². The number of ether oxygens (including phenoxy) is 1. The first-order valence-electron chi connectivity index (χ1n) is 3.91. The Bertz CT molecular complexity index is 309. The van der Waals surface area contributed by atoms with Crippen LogP contribution >= 0.6 is 34.2 Å². The maximum absolute atomic E-state index is 11.7. The minimum Gasteiger partial charge on any atom is -0.370 e. The zero-order valence-electron chi connectivity index (χ0n) is 7.39. The SMILES string of the molecule is FC(F)(F)COCCn1cc(Cl)c(I)n1. The van der Waals surface area contributed by atoms with E-state index in [-0.39, 0.29) is 13.2 Å². The molecule has 1 aromatic rings. The molecule has 0 fully saturated rings. The van der Waals surface area contributed by atoms with Crippen LogP contribution in [0.5, 0.6) is 0 Å². The maximum Gasteiger partial charge on any atom is 0.411 e. The van der Waals surface area contributed by atoms with Gasteiger partial charge >= 0.3 is 6.18 Å². The van der Waals surface area contributed by atoms with Gasteiger partial charge in [0.05, 0.1) is 18.2 Å². The van der Waals surface area contributed by atoms with E-state index in [9.17, 15) is 13.2 Å². The van der Waals surface area contributed by atoms with Crippen LogP contribution in [0.15, 0.2) is 6.20 Å². The molecule has 15 heavy (non-hydrogen) atoms. The highest BCUT2D eigenvalue weighted by Crippen LogP contribution is 2.16. The number of hydrogen-bond acceptors (Lipinski definition) is 2. The molecule has 3 nitrogen and oxygen atoms in total. The molecule has 0 atom stereocenters. The van der Waals surface area contributed by atoms with Gasteiger partial charge in [-0.05, 0) is 22.6 Å². The summed E-state index contributed by atoms with van der Waals surface area (Å²) in [4.78, 5) is 0. The number of nitrogens with zero attached hydrogens (tertiary/aromatic N) is 2. The maximum atomic E-state index is 11.7. The Hall–Kier alpha value is -0.0200. The van der Waals surface area contributed by atoms with Crippen molar-refractivity contribution in [3.63, 3.8) is 0 Å². The van der Waals surface area contributed by atoms with Gasteiger partial charge in [0.2, 0.25) is 0 Å². The van der Waals surface area contributed by atoms with E-state index in [2.05, 4.69) is 9.84 Å². The lowest BCUT2D eigenvalue weighted by Gasteiger charge is -2.07. The predicted molar refractivity (Wildman–Crippen MR) is 56.8 cm³/mol. The van der Waals surface area contributed by atoms with Gasteiger partial charge in [-0.2, -0.15) is 18.3 Å². The molecule has 1 heterocycles. The van der Waals surface area contributed by atoms with E-state index in [1.165, 1.54) is 4.68 Å². The van der Waals surface area contributed by atoms with E-state index in [0.29, 0.717) is 8.72 Å². The van der Waals surface area contributed by atoms with Crippen LogP contribution in [0.3, 0.4) is 0 Å². The Morgan fingerprint density at radius 1 is 1.53 bits per heavy atom. The van der Waals surface area contributed by atoms with Gasteiger partial charge in [0, 0.05) is 6.20 Å². The lowest BCUT2D eigenvalue weighted by Crippen LogP contribution is -2.19. The average Bonchev–Trinajstić information content (AvgIpc) is 2.39. The minimum absolute atomic E-state index is 0.0480. The van der Waals surface area contributed by atoms with Crippen molar-refractivity contribution in [2.75, 3.05) is 13.2 Å². The van der Waals surface area contributed by atoms with Crippen molar-refractivity contribution in [1.82, 2.24) is 9.78 Å². The molecule has 0 aliphatic rings. The molecule has 0 N–H and O–H groups in total. The lowest BCUT2D eigenvalue weighted by atomic mass is 10.6. The van der Waals surface area contributed by atoms with Gasteiger partial charge in [-0.3, -0.25) is 4.68 Å². The van der Waals surface area contributed by atoms with Crippen LogP contribution in [0.25, 0.3) is 0 Å². The molecule has 8 heteroatoms. The van der Waals surface area contributed by atoms with Crippen molar-refractivity contribution in [1.29, 1.82) is 0 Å². The molecule has 0 amide bonds. The van der Waals surface area contributed by atoms with Crippen LogP contribution in [0.1, 0.15) is 0 Å². The molecule has 1 aromatic heterocycles. The van der Waals surface area contributed by atoms with E-state index in [1.54, 1.807) is 6.20 Å². The molecule has 1 rings (SSSR count). The second-order valence-electron chi connectivity index (χ2n) is 2.70. The molecular weight excluding hydrogens is 347 g/mol. The van der Waals surface area contributed by atoms with Crippen LogP contribution < -0.4 is 0 Å². The summed E-state index contributed by atoms with van der Waals surface area (Å²) in [7, 11) is 0. The van der Waals surface area contributed by atoms with Crippen molar-refractivity contribution >= 4 is 34.2 Å². The number of hydrogen-bond donors (Lipinski definition) is 0. The highest BCUT2D eigenvalue weighted by atomic mass is 127. The second-order valence-corrected chi connectivity index (χ2v) is 4.13. The Balaban J connectivity index is 2.26. The van der Waals surface area contributed by atoms with E-state index < -0.39 is 12.8 Å². The lowest BCUT2D eigenvalue weighted by molar-refractivity contribution is -0.174. The van der Waals surface area contributed by atoms with E-state index >= 15 is 0 Å². The normalized spacial score (nSPS) is 12.1. The van der Waals surface area contributed by atoms with E-state index in [0.717, 1.165) is 0 Å². The summed E-state index contributed by atoms with van der Waals surface area (Å²) < 4.78 is 41.5. The van der Waals surface area contributed by atoms with E-state index in [4.69, 9.17) is 11.6 Å². The molecule has 0 aromatic carbocycles. The summed E-state index contributed by atoms with van der Waals surface area (Å²) in [5.74, 6) is 0. The van der Waals surface area contributed by atoms with Crippen molar-refractivity contribution < 1.29 is 17.9 Å². The monoisotopic (exact) mass is 354 g/mol. The van der Waals surface area contributed by atoms with Crippen molar-refractivity contribution in [3.8, 4) is 0 Å². The van der Waals surface area contributed by atoms with Gasteiger partial charge in [-0.15, -0.1) is 0 Å². The summed E-state index contributed by atoms with van der Waals surface area (Å²) >= 11 is 7.64. The van der Waals surface area contributed by atoms with E-state index in [1.807, 2.05) is 22.6 Å².